The Bertz CT molecular complexity index is 528. The van der Waals surface area contributed by atoms with Crippen molar-refractivity contribution in [2.75, 3.05) is 0 Å². The highest BCUT2D eigenvalue weighted by Crippen LogP contribution is 2.20. The molecule has 0 fully saturated rings. The summed E-state index contributed by atoms with van der Waals surface area (Å²) in [6.07, 6.45) is 3.38. The highest BCUT2D eigenvalue weighted by atomic mass is 127. The van der Waals surface area contributed by atoms with Crippen LogP contribution >= 0.6 is 22.6 Å². The van der Waals surface area contributed by atoms with Gasteiger partial charge in [0.2, 0.25) is 5.88 Å². The van der Waals surface area contributed by atoms with Gasteiger partial charge in [-0.2, -0.15) is 0 Å². The molecule has 100 valence electrons. The van der Waals surface area contributed by atoms with E-state index in [4.69, 9.17) is 4.74 Å². The number of rotatable bonds is 5. The van der Waals surface area contributed by atoms with Gasteiger partial charge in [0.1, 0.15) is 5.75 Å². The average molecular weight is 369 g/mol. The fourth-order valence-electron chi connectivity index (χ4n) is 1.45. The molecule has 2 aromatic rings. The summed E-state index contributed by atoms with van der Waals surface area (Å²) >= 11 is 2.25. The van der Waals surface area contributed by atoms with Crippen LogP contribution in [0.3, 0.4) is 0 Å². The number of benzene rings is 1. The average Bonchev–Trinajstić information content (AvgIpc) is 2.38. The Morgan fingerprint density at radius 2 is 2.11 bits per heavy atom. The normalized spacial score (nSPS) is 10.7. The second-order valence-electron chi connectivity index (χ2n) is 4.44. The molecule has 0 aliphatic heterocycles. The Balaban J connectivity index is 1.98. The van der Waals surface area contributed by atoms with Gasteiger partial charge in [0.15, 0.2) is 0 Å². The Labute approximate surface area is 126 Å². The van der Waals surface area contributed by atoms with Crippen LogP contribution < -0.4 is 10.1 Å². The Hall–Kier alpha value is -1.21. The minimum atomic E-state index is 0.434. The van der Waals surface area contributed by atoms with Gasteiger partial charge in [-0.1, -0.05) is 19.9 Å². The van der Waals surface area contributed by atoms with Crippen molar-refractivity contribution in [3.63, 3.8) is 0 Å². The predicted molar refractivity (Wildman–Crippen MR) is 83.2 cm³/mol. The van der Waals surface area contributed by atoms with Crippen LogP contribution in [0.15, 0.2) is 36.7 Å². The minimum Gasteiger partial charge on any atom is -0.437 e. The van der Waals surface area contributed by atoms with Crippen LogP contribution in [0, 0.1) is 3.57 Å². The van der Waals surface area contributed by atoms with Crippen molar-refractivity contribution in [3.05, 3.63) is 45.9 Å². The van der Waals surface area contributed by atoms with Gasteiger partial charge in [-0.3, -0.25) is 4.98 Å². The first-order chi connectivity index (χ1) is 9.13. The Morgan fingerprint density at radius 1 is 1.26 bits per heavy atom. The van der Waals surface area contributed by atoms with Crippen molar-refractivity contribution in [1.82, 2.24) is 15.3 Å². The second-order valence-corrected chi connectivity index (χ2v) is 5.69. The van der Waals surface area contributed by atoms with Gasteiger partial charge in [-0.05, 0) is 40.8 Å². The van der Waals surface area contributed by atoms with Gasteiger partial charge in [-0.25, -0.2) is 4.98 Å². The fourth-order valence-corrected chi connectivity index (χ4v) is 1.96. The molecule has 0 unspecified atom stereocenters. The molecule has 0 radical (unpaired) electrons. The maximum Gasteiger partial charge on any atom is 0.237 e. The van der Waals surface area contributed by atoms with Crippen molar-refractivity contribution in [2.45, 2.75) is 26.4 Å². The highest BCUT2D eigenvalue weighted by molar-refractivity contribution is 14.1. The third-order valence-corrected chi connectivity index (χ3v) is 3.06. The van der Waals surface area contributed by atoms with Gasteiger partial charge >= 0.3 is 0 Å². The quantitative estimate of drug-likeness (QED) is 0.821. The monoisotopic (exact) mass is 369 g/mol. The summed E-state index contributed by atoms with van der Waals surface area (Å²) in [6, 6.07) is 8.25. The van der Waals surface area contributed by atoms with Crippen LogP contribution in [0.4, 0.5) is 0 Å². The number of nitrogens with one attached hydrogen (secondary N) is 1. The standard InChI is InChI=1S/C14H16IN3O/c1-10(2)16-7-12-8-18-14(9-17-12)19-13-5-3-4-11(15)6-13/h3-6,8-10,16H,7H2,1-2H3. The van der Waals surface area contributed by atoms with Gasteiger partial charge in [0.25, 0.3) is 0 Å². The maximum absolute atomic E-state index is 5.64. The van der Waals surface area contributed by atoms with Gasteiger partial charge in [0.05, 0.1) is 18.1 Å². The molecule has 0 saturated carbocycles. The Kier molecular flexibility index (Phi) is 5.09. The zero-order valence-corrected chi connectivity index (χ0v) is 13.1. The van der Waals surface area contributed by atoms with E-state index in [2.05, 4.69) is 51.7 Å². The van der Waals surface area contributed by atoms with Crippen LogP contribution in [-0.4, -0.2) is 16.0 Å². The molecule has 0 amide bonds. The first-order valence-electron chi connectivity index (χ1n) is 6.11. The number of nitrogens with zero attached hydrogens (tertiary/aromatic N) is 2. The summed E-state index contributed by atoms with van der Waals surface area (Å²) in [7, 11) is 0. The lowest BCUT2D eigenvalue weighted by Gasteiger charge is -2.08. The van der Waals surface area contributed by atoms with Gasteiger partial charge in [0, 0.05) is 16.2 Å². The third-order valence-electron chi connectivity index (χ3n) is 2.39. The van der Waals surface area contributed by atoms with Crippen molar-refractivity contribution in [1.29, 1.82) is 0 Å². The first kappa shape index (κ1) is 14.2. The molecule has 0 aliphatic carbocycles. The summed E-state index contributed by atoms with van der Waals surface area (Å²) in [4.78, 5) is 8.57. The van der Waals surface area contributed by atoms with E-state index in [1.807, 2.05) is 24.3 Å². The molecule has 4 nitrogen and oxygen atoms in total. The molecule has 0 saturated heterocycles. The molecule has 1 N–H and O–H groups in total. The fraction of sp³-hybridized carbons (Fsp3) is 0.286. The number of aromatic nitrogens is 2. The minimum absolute atomic E-state index is 0.434. The van der Waals surface area contributed by atoms with Crippen LogP contribution in [0.1, 0.15) is 19.5 Å². The van der Waals surface area contributed by atoms with E-state index in [0.717, 1.165) is 15.0 Å². The first-order valence-corrected chi connectivity index (χ1v) is 7.19. The number of halogens is 1. The lowest BCUT2D eigenvalue weighted by atomic mass is 10.3. The van der Waals surface area contributed by atoms with Gasteiger partial charge < -0.3 is 10.1 Å². The summed E-state index contributed by atoms with van der Waals surface area (Å²) in [5.74, 6) is 1.28. The Morgan fingerprint density at radius 3 is 2.74 bits per heavy atom. The smallest absolute Gasteiger partial charge is 0.237 e. The van der Waals surface area contributed by atoms with E-state index in [1.165, 1.54) is 0 Å². The van der Waals surface area contributed by atoms with Gasteiger partial charge in [-0.15, -0.1) is 0 Å². The lowest BCUT2D eigenvalue weighted by Crippen LogP contribution is -2.22. The number of ether oxygens (including phenoxy) is 1. The SMILES string of the molecule is CC(C)NCc1cnc(Oc2cccc(I)c2)cn1. The van der Waals surface area contributed by atoms with Crippen LogP contribution in [-0.2, 0) is 6.54 Å². The van der Waals surface area contributed by atoms with Crippen molar-refractivity contribution in [2.24, 2.45) is 0 Å². The zero-order chi connectivity index (χ0) is 13.7. The topological polar surface area (TPSA) is 47.0 Å². The van der Waals surface area contributed by atoms with E-state index in [9.17, 15) is 0 Å². The molecule has 0 aliphatic rings. The molecular formula is C14H16IN3O. The number of hydrogen-bond donors (Lipinski definition) is 1. The van der Waals surface area contributed by atoms with Crippen molar-refractivity contribution >= 4 is 22.6 Å². The summed E-state index contributed by atoms with van der Waals surface area (Å²) < 4.78 is 6.77. The molecule has 0 spiro atoms. The zero-order valence-electron chi connectivity index (χ0n) is 10.9. The predicted octanol–water partition coefficient (Wildman–Crippen LogP) is 3.37. The molecule has 19 heavy (non-hydrogen) atoms. The highest BCUT2D eigenvalue weighted by Gasteiger charge is 2.01. The molecule has 1 heterocycles. The van der Waals surface area contributed by atoms with E-state index >= 15 is 0 Å². The van der Waals surface area contributed by atoms with E-state index in [0.29, 0.717) is 18.5 Å². The van der Waals surface area contributed by atoms with Crippen LogP contribution in [0.5, 0.6) is 11.6 Å². The molecule has 1 aromatic carbocycles. The van der Waals surface area contributed by atoms with E-state index < -0.39 is 0 Å². The molecule has 1 aromatic heterocycles. The molecular weight excluding hydrogens is 353 g/mol. The third kappa shape index (κ3) is 4.76. The largest absolute Gasteiger partial charge is 0.437 e. The second kappa shape index (κ2) is 6.81. The number of hydrogen-bond acceptors (Lipinski definition) is 4. The van der Waals surface area contributed by atoms with Crippen molar-refractivity contribution in [3.8, 4) is 11.6 Å². The summed E-state index contributed by atoms with van der Waals surface area (Å²) in [6.45, 7) is 4.91. The summed E-state index contributed by atoms with van der Waals surface area (Å²) in [5, 5.41) is 3.29. The maximum atomic E-state index is 5.64. The van der Waals surface area contributed by atoms with Crippen LogP contribution in [0.25, 0.3) is 0 Å². The lowest BCUT2D eigenvalue weighted by molar-refractivity contribution is 0.458. The molecule has 0 bridgehead atoms. The van der Waals surface area contributed by atoms with Crippen LogP contribution in [0.2, 0.25) is 0 Å². The van der Waals surface area contributed by atoms with E-state index in [-0.39, 0.29) is 0 Å². The molecule has 0 atom stereocenters. The molecule has 2 rings (SSSR count). The molecule has 5 heteroatoms. The van der Waals surface area contributed by atoms with E-state index in [1.54, 1.807) is 12.4 Å². The summed E-state index contributed by atoms with van der Waals surface area (Å²) in [5.41, 5.74) is 0.906. The van der Waals surface area contributed by atoms with Crippen molar-refractivity contribution < 1.29 is 4.74 Å².